The van der Waals surface area contributed by atoms with Crippen molar-refractivity contribution < 1.29 is 14.3 Å². The number of hydrogen-bond acceptors (Lipinski definition) is 3. The Hall–Kier alpha value is -2.75. The van der Waals surface area contributed by atoms with Gasteiger partial charge in [0, 0.05) is 5.69 Å². The highest BCUT2D eigenvalue weighted by atomic mass is 16.5. The molecule has 1 N–H and O–H groups in total. The lowest BCUT2D eigenvalue weighted by atomic mass is 10.1. The highest BCUT2D eigenvalue weighted by Gasteiger charge is 2.17. The topological polar surface area (TPSA) is 47.6 Å². The van der Waals surface area contributed by atoms with Crippen LogP contribution in [0.3, 0.4) is 0 Å². The van der Waals surface area contributed by atoms with Crippen molar-refractivity contribution in [2.45, 2.75) is 19.4 Å². The first-order valence-corrected chi connectivity index (χ1v) is 7.44. The number of hydrogen-bond donors (Lipinski definition) is 1. The predicted molar refractivity (Wildman–Crippen MR) is 92.1 cm³/mol. The van der Waals surface area contributed by atoms with Gasteiger partial charge < -0.3 is 14.8 Å². The summed E-state index contributed by atoms with van der Waals surface area (Å²) in [5, 5.41) is 2.81. The van der Waals surface area contributed by atoms with Crippen LogP contribution in [-0.4, -0.2) is 19.1 Å². The van der Waals surface area contributed by atoms with Crippen molar-refractivity contribution >= 4 is 11.6 Å². The Morgan fingerprint density at radius 3 is 2.61 bits per heavy atom. The molecule has 0 saturated heterocycles. The van der Waals surface area contributed by atoms with Crippen LogP contribution in [0.25, 0.3) is 0 Å². The number of para-hydroxylation sites is 1. The van der Waals surface area contributed by atoms with Gasteiger partial charge in [0.2, 0.25) is 0 Å². The van der Waals surface area contributed by atoms with E-state index in [2.05, 4.69) is 11.9 Å². The lowest BCUT2D eigenvalue weighted by Crippen LogP contribution is -2.30. The van der Waals surface area contributed by atoms with Crippen LogP contribution in [0.4, 0.5) is 5.69 Å². The van der Waals surface area contributed by atoms with Gasteiger partial charge in [0.25, 0.3) is 5.91 Å². The third-order valence-electron chi connectivity index (χ3n) is 3.32. The number of benzene rings is 2. The van der Waals surface area contributed by atoms with Gasteiger partial charge in [-0.3, -0.25) is 4.79 Å². The van der Waals surface area contributed by atoms with Crippen molar-refractivity contribution in [1.29, 1.82) is 0 Å². The second-order valence-corrected chi connectivity index (χ2v) is 5.09. The molecule has 120 valence electrons. The molecule has 0 spiro atoms. The third-order valence-corrected chi connectivity index (χ3v) is 3.32. The van der Waals surface area contributed by atoms with Gasteiger partial charge in [0.05, 0.1) is 7.11 Å². The van der Waals surface area contributed by atoms with Crippen LogP contribution in [0.15, 0.2) is 61.2 Å². The van der Waals surface area contributed by atoms with E-state index in [0.29, 0.717) is 11.5 Å². The molecule has 0 saturated carbocycles. The predicted octanol–water partition coefficient (Wildman–Crippen LogP) is 3.83. The zero-order chi connectivity index (χ0) is 16.7. The van der Waals surface area contributed by atoms with E-state index < -0.39 is 6.10 Å². The van der Waals surface area contributed by atoms with E-state index in [1.54, 1.807) is 14.0 Å². The minimum absolute atomic E-state index is 0.214. The monoisotopic (exact) mass is 311 g/mol. The Morgan fingerprint density at radius 1 is 1.22 bits per heavy atom. The van der Waals surface area contributed by atoms with Crippen LogP contribution >= 0.6 is 0 Å². The molecule has 1 unspecified atom stereocenters. The zero-order valence-corrected chi connectivity index (χ0v) is 13.4. The SMILES string of the molecule is C=CCc1ccc(OC(C)C(=O)Nc2ccccc2)c(OC)c1. The minimum Gasteiger partial charge on any atom is -0.493 e. The molecule has 4 heteroatoms. The minimum atomic E-state index is -0.644. The van der Waals surface area contributed by atoms with Crippen molar-refractivity contribution in [2.75, 3.05) is 12.4 Å². The second kappa shape index (κ2) is 8.03. The van der Waals surface area contributed by atoms with E-state index in [0.717, 1.165) is 17.7 Å². The summed E-state index contributed by atoms with van der Waals surface area (Å²) in [5.41, 5.74) is 1.81. The average molecular weight is 311 g/mol. The standard InChI is InChI=1S/C19H21NO3/c1-4-8-15-11-12-17(18(13-15)22-3)23-14(2)19(21)20-16-9-6-5-7-10-16/h4-7,9-14H,1,8H2,2-3H3,(H,20,21). The van der Waals surface area contributed by atoms with Crippen molar-refractivity contribution in [1.82, 2.24) is 0 Å². The van der Waals surface area contributed by atoms with Gasteiger partial charge in [-0.2, -0.15) is 0 Å². The highest BCUT2D eigenvalue weighted by Crippen LogP contribution is 2.29. The third kappa shape index (κ3) is 4.61. The van der Waals surface area contributed by atoms with Gasteiger partial charge in [-0.05, 0) is 43.2 Å². The number of allylic oxidation sites excluding steroid dienone is 1. The Kier molecular flexibility index (Phi) is 5.80. The molecule has 2 aromatic carbocycles. The lowest BCUT2D eigenvalue weighted by molar-refractivity contribution is -0.122. The zero-order valence-electron chi connectivity index (χ0n) is 13.4. The Balaban J connectivity index is 2.05. The van der Waals surface area contributed by atoms with E-state index in [1.807, 2.05) is 54.6 Å². The van der Waals surface area contributed by atoms with Crippen LogP contribution in [0.2, 0.25) is 0 Å². The summed E-state index contributed by atoms with van der Waals surface area (Å²) < 4.78 is 11.1. The largest absolute Gasteiger partial charge is 0.493 e. The van der Waals surface area contributed by atoms with Gasteiger partial charge >= 0.3 is 0 Å². The normalized spacial score (nSPS) is 11.4. The van der Waals surface area contributed by atoms with E-state index in [1.165, 1.54) is 0 Å². The smallest absolute Gasteiger partial charge is 0.265 e. The molecule has 4 nitrogen and oxygen atoms in total. The molecular weight excluding hydrogens is 290 g/mol. The summed E-state index contributed by atoms with van der Waals surface area (Å²) in [4.78, 5) is 12.2. The lowest BCUT2D eigenvalue weighted by Gasteiger charge is -2.17. The maximum absolute atomic E-state index is 12.2. The molecule has 23 heavy (non-hydrogen) atoms. The van der Waals surface area contributed by atoms with Crippen LogP contribution in [-0.2, 0) is 11.2 Å². The van der Waals surface area contributed by atoms with Crippen molar-refractivity contribution in [3.63, 3.8) is 0 Å². The molecule has 1 amide bonds. The van der Waals surface area contributed by atoms with Crippen molar-refractivity contribution in [3.05, 3.63) is 66.7 Å². The van der Waals surface area contributed by atoms with Crippen LogP contribution < -0.4 is 14.8 Å². The molecule has 0 radical (unpaired) electrons. The Bertz CT molecular complexity index is 668. The number of amides is 1. The van der Waals surface area contributed by atoms with Crippen molar-refractivity contribution in [3.8, 4) is 11.5 Å². The fraction of sp³-hybridized carbons (Fsp3) is 0.211. The molecule has 0 aliphatic rings. The molecule has 2 rings (SSSR count). The van der Waals surface area contributed by atoms with E-state index in [-0.39, 0.29) is 5.91 Å². The first kappa shape index (κ1) is 16.6. The number of carbonyl (C=O) groups excluding carboxylic acids is 1. The first-order chi connectivity index (χ1) is 11.1. The molecule has 0 heterocycles. The van der Waals surface area contributed by atoms with Crippen LogP contribution in [0.5, 0.6) is 11.5 Å². The quantitative estimate of drug-likeness (QED) is 0.791. The first-order valence-electron chi connectivity index (χ1n) is 7.44. The Labute approximate surface area is 136 Å². The summed E-state index contributed by atoms with van der Waals surface area (Å²) in [7, 11) is 1.58. The average Bonchev–Trinajstić information content (AvgIpc) is 2.57. The number of ether oxygens (including phenoxy) is 2. The molecule has 0 aliphatic heterocycles. The summed E-state index contributed by atoms with van der Waals surface area (Å²) in [5.74, 6) is 0.924. The number of methoxy groups -OCH3 is 1. The number of carbonyl (C=O) groups is 1. The molecule has 0 aliphatic carbocycles. The number of nitrogens with one attached hydrogen (secondary N) is 1. The maximum Gasteiger partial charge on any atom is 0.265 e. The maximum atomic E-state index is 12.2. The second-order valence-electron chi connectivity index (χ2n) is 5.09. The Morgan fingerprint density at radius 2 is 1.96 bits per heavy atom. The van der Waals surface area contributed by atoms with Crippen LogP contribution in [0.1, 0.15) is 12.5 Å². The van der Waals surface area contributed by atoms with E-state index >= 15 is 0 Å². The molecule has 2 aromatic rings. The summed E-state index contributed by atoms with van der Waals surface area (Å²) in [6.45, 7) is 5.42. The summed E-state index contributed by atoms with van der Waals surface area (Å²) in [6, 6.07) is 14.9. The molecular formula is C19H21NO3. The molecule has 0 bridgehead atoms. The molecule has 0 aromatic heterocycles. The van der Waals surface area contributed by atoms with Gasteiger partial charge in [-0.15, -0.1) is 6.58 Å². The fourth-order valence-electron chi connectivity index (χ4n) is 2.11. The van der Waals surface area contributed by atoms with Gasteiger partial charge in [-0.25, -0.2) is 0 Å². The number of anilines is 1. The van der Waals surface area contributed by atoms with E-state index in [4.69, 9.17) is 9.47 Å². The fourth-order valence-corrected chi connectivity index (χ4v) is 2.11. The van der Waals surface area contributed by atoms with Crippen LogP contribution in [0, 0.1) is 0 Å². The highest BCUT2D eigenvalue weighted by molar-refractivity contribution is 5.94. The summed E-state index contributed by atoms with van der Waals surface area (Å²) in [6.07, 6.45) is 1.93. The molecule has 0 fully saturated rings. The van der Waals surface area contributed by atoms with Gasteiger partial charge in [0.1, 0.15) is 0 Å². The molecule has 1 atom stereocenters. The van der Waals surface area contributed by atoms with Gasteiger partial charge in [0.15, 0.2) is 17.6 Å². The van der Waals surface area contributed by atoms with E-state index in [9.17, 15) is 4.79 Å². The van der Waals surface area contributed by atoms with Gasteiger partial charge in [-0.1, -0.05) is 30.3 Å². The number of rotatable bonds is 7. The summed E-state index contributed by atoms with van der Waals surface area (Å²) >= 11 is 0. The van der Waals surface area contributed by atoms with Crippen molar-refractivity contribution in [2.24, 2.45) is 0 Å².